The topological polar surface area (TPSA) is 44.5 Å². The van der Waals surface area contributed by atoms with Crippen LogP contribution in [0.25, 0.3) is 0 Å². The standard InChI is InChI=1S/C16H27NO2/c1-6-18-16-8-7-14(12(4)17)9-15(16)10-19-13(5)11(2)3/h7-9,11-13H,6,10,17H2,1-5H3. The van der Waals surface area contributed by atoms with Crippen molar-refractivity contribution in [2.24, 2.45) is 11.7 Å². The number of hydrogen-bond acceptors (Lipinski definition) is 3. The van der Waals surface area contributed by atoms with E-state index in [2.05, 4.69) is 26.8 Å². The van der Waals surface area contributed by atoms with Crippen molar-refractivity contribution in [3.05, 3.63) is 29.3 Å². The fourth-order valence-corrected chi connectivity index (χ4v) is 1.71. The van der Waals surface area contributed by atoms with Crippen LogP contribution in [0.1, 0.15) is 51.8 Å². The minimum atomic E-state index is 0.0250. The third-order valence-corrected chi connectivity index (χ3v) is 3.35. The molecule has 1 aromatic rings. The van der Waals surface area contributed by atoms with E-state index in [1.165, 1.54) is 0 Å². The Morgan fingerprint density at radius 3 is 2.37 bits per heavy atom. The van der Waals surface area contributed by atoms with Crippen LogP contribution in [-0.4, -0.2) is 12.7 Å². The van der Waals surface area contributed by atoms with Crippen LogP contribution in [0.5, 0.6) is 5.75 Å². The first kappa shape index (κ1) is 16.0. The summed E-state index contributed by atoms with van der Waals surface area (Å²) in [6.45, 7) is 11.6. The molecule has 0 saturated heterocycles. The van der Waals surface area contributed by atoms with Gasteiger partial charge in [-0.1, -0.05) is 19.9 Å². The summed E-state index contributed by atoms with van der Waals surface area (Å²) in [6, 6.07) is 6.12. The Morgan fingerprint density at radius 1 is 1.16 bits per heavy atom. The Hall–Kier alpha value is -1.06. The first-order valence-electron chi connectivity index (χ1n) is 7.08. The molecule has 1 rings (SSSR count). The van der Waals surface area contributed by atoms with Gasteiger partial charge in [0.15, 0.2) is 0 Å². The number of hydrogen-bond donors (Lipinski definition) is 1. The highest BCUT2D eigenvalue weighted by Gasteiger charge is 2.11. The van der Waals surface area contributed by atoms with Gasteiger partial charge in [0.1, 0.15) is 5.75 Å². The molecule has 0 aliphatic rings. The van der Waals surface area contributed by atoms with Crippen molar-refractivity contribution in [2.75, 3.05) is 6.61 Å². The third-order valence-electron chi connectivity index (χ3n) is 3.35. The summed E-state index contributed by atoms with van der Waals surface area (Å²) in [7, 11) is 0. The summed E-state index contributed by atoms with van der Waals surface area (Å²) in [5.74, 6) is 1.40. The van der Waals surface area contributed by atoms with Gasteiger partial charge in [-0.2, -0.15) is 0 Å². The lowest BCUT2D eigenvalue weighted by Crippen LogP contribution is -2.16. The molecule has 0 amide bonds. The Balaban J connectivity index is 2.84. The lowest BCUT2D eigenvalue weighted by molar-refractivity contribution is 0.0224. The predicted octanol–water partition coefficient (Wildman–Crippen LogP) is 3.67. The van der Waals surface area contributed by atoms with Crippen LogP contribution in [0.4, 0.5) is 0 Å². The second-order valence-electron chi connectivity index (χ2n) is 5.35. The Labute approximate surface area is 117 Å². The molecule has 1 aromatic carbocycles. The summed E-state index contributed by atoms with van der Waals surface area (Å²) in [6.07, 6.45) is 0.230. The molecule has 0 fully saturated rings. The average Bonchev–Trinajstić information content (AvgIpc) is 2.37. The zero-order chi connectivity index (χ0) is 14.4. The maximum absolute atomic E-state index is 5.93. The maximum atomic E-state index is 5.93. The van der Waals surface area contributed by atoms with Crippen LogP contribution >= 0.6 is 0 Å². The summed E-state index contributed by atoms with van der Waals surface area (Å²) >= 11 is 0. The first-order chi connectivity index (χ1) is 8.95. The van der Waals surface area contributed by atoms with Crippen molar-refractivity contribution in [3.63, 3.8) is 0 Å². The molecule has 2 unspecified atom stereocenters. The molecule has 3 heteroatoms. The van der Waals surface area contributed by atoms with Crippen molar-refractivity contribution < 1.29 is 9.47 Å². The molecule has 2 N–H and O–H groups in total. The lowest BCUT2D eigenvalue weighted by Gasteiger charge is -2.19. The Bertz CT molecular complexity index is 388. The first-order valence-corrected chi connectivity index (χ1v) is 7.08. The molecule has 0 radical (unpaired) electrons. The second-order valence-corrected chi connectivity index (χ2v) is 5.35. The lowest BCUT2D eigenvalue weighted by atomic mass is 10.0. The van der Waals surface area contributed by atoms with E-state index in [9.17, 15) is 0 Å². The molecular weight excluding hydrogens is 238 g/mol. The Kier molecular flexibility index (Phi) is 6.32. The van der Waals surface area contributed by atoms with Crippen molar-refractivity contribution >= 4 is 0 Å². The van der Waals surface area contributed by atoms with E-state index >= 15 is 0 Å². The smallest absolute Gasteiger partial charge is 0.124 e. The number of benzene rings is 1. The summed E-state index contributed by atoms with van der Waals surface area (Å²) in [4.78, 5) is 0. The van der Waals surface area contributed by atoms with Crippen molar-refractivity contribution in [1.29, 1.82) is 0 Å². The van der Waals surface area contributed by atoms with Crippen molar-refractivity contribution in [3.8, 4) is 5.75 Å². The largest absolute Gasteiger partial charge is 0.494 e. The molecule has 0 aliphatic heterocycles. The van der Waals surface area contributed by atoms with Crippen LogP contribution in [0, 0.1) is 5.92 Å². The average molecular weight is 265 g/mol. The molecule has 108 valence electrons. The number of ether oxygens (including phenoxy) is 2. The minimum absolute atomic E-state index is 0.0250. The van der Waals surface area contributed by atoms with Gasteiger partial charge in [-0.25, -0.2) is 0 Å². The van der Waals surface area contributed by atoms with Crippen LogP contribution in [-0.2, 0) is 11.3 Å². The van der Waals surface area contributed by atoms with Crippen molar-refractivity contribution in [1.82, 2.24) is 0 Å². The predicted molar refractivity (Wildman–Crippen MR) is 79.3 cm³/mol. The maximum Gasteiger partial charge on any atom is 0.124 e. The summed E-state index contributed by atoms with van der Waals surface area (Å²) in [5, 5.41) is 0. The SMILES string of the molecule is CCOc1ccc(C(C)N)cc1COC(C)C(C)C. The van der Waals surface area contributed by atoms with Gasteiger partial charge in [0.2, 0.25) is 0 Å². The fraction of sp³-hybridized carbons (Fsp3) is 0.625. The highest BCUT2D eigenvalue weighted by molar-refractivity contribution is 5.38. The molecule has 0 aliphatic carbocycles. The molecule has 19 heavy (non-hydrogen) atoms. The van der Waals surface area contributed by atoms with Gasteiger partial charge in [-0.15, -0.1) is 0 Å². The minimum Gasteiger partial charge on any atom is -0.494 e. The zero-order valence-electron chi connectivity index (χ0n) is 12.8. The van der Waals surface area contributed by atoms with Gasteiger partial charge in [0, 0.05) is 11.6 Å². The molecule has 0 spiro atoms. The number of nitrogens with two attached hydrogens (primary N) is 1. The molecule has 3 nitrogen and oxygen atoms in total. The van der Waals surface area contributed by atoms with Crippen LogP contribution < -0.4 is 10.5 Å². The fourth-order valence-electron chi connectivity index (χ4n) is 1.71. The highest BCUT2D eigenvalue weighted by Crippen LogP contribution is 2.24. The number of rotatable bonds is 7. The van der Waals surface area contributed by atoms with E-state index in [4.69, 9.17) is 15.2 Å². The van der Waals surface area contributed by atoms with Crippen LogP contribution in [0.15, 0.2) is 18.2 Å². The van der Waals surface area contributed by atoms with Crippen molar-refractivity contribution in [2.45, 2.75) is 53.4 Å². The summed E-state index contributed by atoms with van der Waals surface area (Å²) in [5.41, 5.74) is 8.11. The Morgan fingerprint density at radius 2 is 1.84 bits per heavy atom. The third kappa shape index (κ3) is 4.84. The molecule has 0 saturated carbocycles. The monoisotopic (exact) mass is 265 g/mol. The van der Waals surface area contributed by atoms with Gasteiger partial charge in [0.05, 0.1) is 19.3 Å². The molecular formula is C16H27NO2. The molecule has 0 bridgehead atoms. The quantitative estimate of drug-likeness (QED) is 0.818. The molecule has 2 atom stereocenters. The van der Waals surface area contributed by atoms with E-state index in [-0.39, 0.29) is 12.1 Å². The van der Waals surface area contributed by atoms with E-state index in [1.807, 2.05) is 26.0 Å². The van der Waals surface area contributed by atoms with E-state index in [0.29, 0.717) is 19.1 Å². The van der Waals surface area contributed by atoms with Gasteiger partial charge in [-0.05, 0) is 44.4 Å². The highest BCUT2D eigenvalue weighted by atomic mass is 16.5. The van der Waals surface area contributed by atoms with Crippen LogP contribution in [0.2, 0.25) is 0 Å². The van der Waals surface area contributed by atoms with E-state index in [1.54, 1.807) is 0 Å². The van der Waals surface area contributed by atoms with Gasteiger partial charge in [-0.3, -0.25) is 0 Å². The molecule has 0 heterocycles. The summed E-state index contributed by atoms with van der Waals surface area (Å²) < 4.78 is 11.5. The van der Waals surface area contributed by atoms with Gasteiger partial charge in [0.25, 0.3) is 0 Å². The second kappa shape index (κ2) is 7.51. The van der Waals surface area contributed by atoms with E-state index < -0.39 is 0 Å². The zero-order valence-corrected chi connectivity index (χ0v) is 12.8. The van der Waals surface area contributed by atoms with Gasteiger partial charge < -0.3 is 15.2 Å². The molecule has 0 aromatic heterocycles. The van der Waals surface area contributed by atoms with E-state index in [0.717, 1.165) is 16.9 Å². The normalized spacial score (nSPS) is 14.5. The van der Waals surface area contributed by atoms with Gasteiger partial charge >= 0.3 is 0 Å². The van der Waals surface area contributed by atoms with Crippen LogP contribution in [0.3, 0.4) is 0 Å².